The van der Waals surface area contributed by atoms with Gasteiger partial charge in [-0.3, -0.25) is 0 Å². The summed E-state index contributed by atoms with van der Waals surface area (Å²) in [7, 11) is 0. The van der Waals surface area contributed by atoms with Crippen molar-refractivity contribution in [1.29, 1.82) is 0 Å². The van der Waals surface area contributed by atoms with E-state index < -0.39 is 0 Å². The van der Waals surface area contributed by atoms with Crippen molar-refractivity contribution < 1.29 is 4.42 Å². The summed E-state index contributed by atoms with van der Waals surface area (Å²) in [4.78, 5) is 0. The number of benzene rings is 10. The summed E-state index contributed by atoms with van der Waals surface area (Å²) in [5.74, 6) is 0. The molecule has 0 amide bonds. The number of fused-ring (bicyclic) bond motifs is 11. The smallest absolute Gasteiger partial charge is 0.136 e. The third kappa shape index (κ3) is 4.22. The number of rotatable bonds is 3. The van der Waals surface area contributed by atoms with E-state index in [4.69, 9.17) is 4.42 Å². The maximum absolute atomic E-state index is 6.39. The zero-order valence-electron chi connectivity index (χ0n) is 27.7. The van der Waals surface area contributed by atoms with E-state index >= 15 is 0 Å². The van der Waals surface area contributed by atoms with Crippen molar-refractivity contribution in [3.05, 3.63) is 182 Å². The number of hydrogen-bond acceptors (Lipinski definition) is 1. The van der Waals surface area contributed by atoms with Crippen LogP contribution < -0.4 is 0 Å². The number of hydrogen-bond donors (Lipinski definition) is 0. The highest BCUT2D eigenvalue weighted by molar-refractivity contribution is 6.29. The molecule has 0 N–H and O–H groups in total. The maximum atomic E-state index is 6.39. The molecule has 0 fully saturated rings. The predicted molar refractivity (Wildman–Crippen MR) is 218 cm³/mol. The first-order valence-corrected chi connectivity index (χ1v) is 17.6. The molecule has 0 aliphatic carbocycles. The Hall–Kier alpha value is -6.70. The summed E-state index contributed by atoms with van der Waals surface area (Å²) < 4.78 is 6.39. The Kier molecular flexibility index (Phi) is 6.02. The molecule has 0 spiro atoms. The second kappa shape index (κ2) is 10.9. The molecule has 0 saturated heterocycles. The van der Waals surface area contributed by atoms with E-state index in [1.165, 1.54) is 87.2 Å². The zero-order chi connectivity index (χ0) is 33.5. The minimum absolute atomic E-state index is 0.924. The summed E-state index contributed by atoms with van der Waals surface area (Å²) in [5.41, 5.74) is 9.27. The van der Waals surface area contributed by atoms with Crippen LogP contribution in [0, 0.1) is 0 Å². The molecule has 0 bridgehead atoms. The molecule has 11 aromatic rings. The lowest BCUT2D eigenvalue weighted by Gasteiger charge is -2.19. The van der Waals surface area contributed by atoms with Gasteiger partial charge in [-0.1, -0.05) is 152 Å². The molecule has 0 unspecified atom stereocenters. The van der Waals surface area contributed by atoms with Gasteiger partial charge in [0.1, 0.15) is 11.2 Å². The minimum Gasteiger partial charge on any atom is -0.456 e. The Morgan fingerprint density at radius 3 is 1.35 bits per heavy atom. The van der Waals surface area contributed by atoms with Crippen molar-refractivity contribution >= 4 is 75.8 Å². The summed E-state index contributed by atoms with van der Waals surface area (Å²) >= 11 is 0. The molecule has 0 aliphatic rings. The number of furan rings is 1. The maximum Gasteiger partial charge on any atom is 0.136 e. The quantitative estimate of drug-likeness (QED) is 0.138. The molecule has 1 aromatic heterocycles. The lowest BCUT2D eigenvalue weighted by atomic mass is 9.84. The first-order chi connectivity index (χ1) is 25.3. The van der Waals surface area contributed by atoms with Gasteiger partial charge < -0.3 is 4.42 Å². The van der Waals surface area contributed by atoms with E-state index in [1.807, 2.05) is 6.07 Å². The molecule has 10 aromatic carbocycles. The van der Waals surface area contributed by atoms with Crippen molar-refractivity contribution in [2.75, 3.05) is 0 Å². The second-order valence-corrected chi connectivity index (χ2v) is 13.6. The normalized spacial score (nSPS) is 11.9. The fourth-order valence-electron chi connectivity index (χ4n) is 8.56. The van der Waals surface area contributed by atoms with Gasteiger partial charge in [0.15, 0.2) is 0 Å². The topological polar surface area (TPSA) is 13.1 Å². The van der Waals surface area contributed by atoms with Crippen molar-refractivity contribution in [1.82, 2.24) is 0 Å². The average Bonchev–Trinajstić information content (AvgIpc) is 3.57. The fraction of sp³-hybridized carbons (Fsp3) is 0. The first kappa shape index (κ1) is 28.2. The van der Waals surface area contributed by atoms with Crippen LogP contribution in [0.25, 0.3) is 109 Å². The van der Waals surface area contributed by atoms with Gasteiger partial charge in [0.05, 0.1) is 0 Å². The lowest BCUT2D eigenvalue weighted by molar-refractivity contribution is 0.669. The van der Waals surface area contributed by atoms with Crippen molar-refractivity contribution in [3.8, 4) is 33.4 Å². The van der Waals surface area contributed by atoms with Crippen molar-refractivity contribution in [2.45, 2.75) is 0 Å². The summed E-state index contributed by atoms with van der Waals surface area (Å²) in [6.07, 6.45) is 0. The molecule has 51 heavy (non-hydrogen) atoms. The van der Waals surface area contributed by atoms with Crippen LogP contribution >= 0.6 is 0 Å². The first-order valence-electron chi connectivity index (χ1n) is 17.6. The van der Waals surface area contributed by atoms with E-state index in [9.17, 15) is 0 Å². The van der Waals surface area contributed by atoms with Crippen LogP contribution in [0.3, 0.4) is 0 Å². The largest absolute Gasteiger partial charge is 0.456 e. The summed E-state index contributed by atoms with van der Waals surface area (Å²) in [5, 5.41) is 14.8. The highest BCUT2D eigenvalue weighted by atomic mass is 16.3. The Morgan fingerprint density at radius 2 is 0.686 bits per heavy atom. The Morgan fingerprint density at radius 1 is 0.216 bits per heavy atom. The molecular formula is C50H30O. The molecule has 0 aliphatic heterocycles. The van der Waals surface area contributed by atoms with Gasteiger partial charge in [-0.15, -0.1) is 0 Å². The Bertz CT molecular complexity index is 3130. The van der Waals surface area contributed by atoms with Crippen LogP contribution in [0.15, 0.2) is 186 Å². The van der Waals surface area contributed by atoms with E-state index in [-0.39, 0.29) is 0 Å². The predicted octanol–water partition coefficient (Wildman–Crippen LogP) is 14.4. The Labute approximate surface area is 294 Å². The van der Waals surface area contributed by atoms with Gasteiger partial charge >= 0.3 is 0 Å². The second-order valence-electron chi connectivity index (χ2n) is 13.6. The van der Waals surface area contributed by atoms with Crippen molar-refractivity contribution in [3.63, 3.8) is 0 Å². The van der Waals surface area contributed by atoms with Crippen LogP contribution in [-0.2, 0) is 0 Å². The molecule has 0 radical (unpaired) electrons. The monoisotopic (exact) mass is 646 g/mol. The van der Waals surface area contributed by atoms with Crippen LogP contribution in [0.5, 0.6) is 0 Å². The summed E-state index contributed by atoms with van der Waals surface area (Å²) in [6, 6.07) is 66.4. The minimum atomic E-state index is 0.924. The highest BCUT2D eigenvalue weighted by Gasteiger charge is 2.19. The molecule has 1 heterocycles. The van der Waals surface area contributed by atoms with E-state index in [0.29, 0.717) is 0 Å². The molecule has 0 atom stereocenters. The van der Waals surface area contributed by atoms with Crippen LogP contribution in [0.4, 0.5) is 0 Å². The zero-order valence-corrected chi connectivity index (χ0v) is 27.7. The molecule has 0 saturated carbocycles. The Balaban J connectivity index is 1.20. The molecule has 1 heteroatoms. The van der Waals surface area contributed by atoms with Gasteiger partial charge in [0, 0.05) is 10.8 Å². The van der Waals surface area contributed by atoms with E-state index in [1.54, 1.807) is 0 Å². The van der Waals surface area contributed by atoms with Gasteiger partial charge in [-0.05, 0) is 118 Å². The van der Waals surface area contributed by atoms with Crippen molar-refractivity contribution in [2.24, 2.45) is 0 Å². The molecule has 1 nitrogen and oxygen atoms in total. The third-order valence-corrected chi connectivity index (χ3v) is 10.8. The fourth-order valence-corrected chi connectivity index (χ4v) is 8.56. The highest BCUT2D eigenvalue weighted by Crippen LogP contribution is 2.46. The average molecular weight is 647 g/mol. The SMILES string of the molecule is c1ccc(-c2cccc(-c3c4ccccc4c(-c4ccc5c(c4)c4ccccc4c4cc6c(cc54)oc4ccccc46)c4ccccc34)c2)cc1. The molecule has 11 rings (SSSR count). The van der Waals surface area contributed by atoms with Crippen LogP contribution in [-0.4, -0.2) is 0 Å². The molecule has 236 valence electrons. The molecular weight excluding hydrogens is 617 g/mol. The van der Waals surface area contributed by atoms with Gasteiger partial charge in [0.25, 0.3) is 0 Å². The third-order valence-electron chi connectivity index (χ3n) is 10.8. The van der Waals surface area contributed by atoms with Gasteiger partial charge in [-0.25, -0.2) is 0 Å². The van der Waals surface area contributed by atoms with Gasteiger partial charge in [-0.2, -0.15) is 0 Å². The van der Waals surface area contributed by atoms with E-state index in [0.717, 1.165) is 21.9 Å². The number of para-hydroxylation sites is 1. The van der Waals surface area contributed by atoms with Crippen LogP contribution in [0.2, 0.25) is 0 Å². The van der Waals surface area contributed by atoms with Crippen LogP contribution in [0.1, 0.15) is 0 Å². The van der Waals surface area contributed by atoms with Gasteiger partial charge in [0.2, 0.25) is 0 Å². The van der Waals surface area contributed by atoms with E-state index in [2.05, 4.69) is 176 Å². The lowest BCUT2D eigenvalue weighted by Crippen LogP contribution is -1.92. The standard InChI is InChI=1S/C50H30O/c1-2-13-31(14-3-1)32-15-12-16-33(27-32)49-39-20-6-8-22-41(39)50(42-23-9-7-21-40(42)49)34-25-26-37-43(28-34)35-17-4-5-18-36(35)44-29-46-38-19-10-11-24-47(38)51-48(46)30-45(37)44/h1-30H. The summed E-state index contributed by atoms with van der Waals surface area (Å²) in [6.45, 7) is 0.